The van der Waals surface area contributed by atoms with Gasteiger partial charge < -0.3 is 19.7 Å². The lowest BCUT2D eigenvalue weighted by atomic mass is 10.2. The fourth-order valence-electron chi connectivity index (χ4n) is 2.02. The maximum absolute atomic E-state index is 5.61. The van der Waals surface area contributed by atoms with Crippen molar-refractivity contribution in [1.29, 1.82) is 0 Å². The van der Waals surface area contributed by atoms with E-state index < -0.39 is 0 Å². The van der Waals surface area contributed by atoms with Crippen LogP contribution in [0.1, 0.15) is 12.0 Å². The van der Waals surface area contributed by atoms with Gasteiger partial charge in [-0.3, -0.25) is 0 Å². The second-order valence-electron chi connectivity index (χ2n) is 4.94. The molecular weight excluding hydrogens is 308 g/mol. The molecule has 4 nitrogen and oxygen atoms in total. The van der Waals surface area contributed by atoms with Crippen LogP contribution in [0, 0.1) is 0 Å². The third-order valence-electron chi connectivity index (χ3n) is 2.94. The minimum absolute atomic E-state index is 0.619. The van der Waals surface area contributed by atoms with E-state index in [4.69, 9.17) is 9.47 Å². The van der Waals surface area contributed by atoms with Crippen LogP contribution in [0.3, 0.4) is 0 Å². The van der Waals surface area contributed by atoms with Gasteiger partial charge in [0.1, 0.15) is 13.2 Å². The fraction of sp³-hybridized carbons (Fsp3) is 0.571. The molecule has 5 heteroatoms. The molecule has 0 amide bonds. The first-order valence-corrected chi connectivity index (χ1v) is 7.39. The molecule has 0 fully saturated rings. The van der Waals surface area contributed by atoms with Gasteiger partial charge in [0.2, 0.25) is 0 Å². The molecule has 0 saturated heterocycles. The molecule has 1 aliphatic heterocycles. The quantitative estimate of drug-likeness (QED) is 0.812. The Labute approximate surface area is 123 Å². The van der Waals surface area contributed by atoms with Crippen molar-refractivity contribution in [1.82, 2.24) is 10.2 Å². The van der Waals surface area contributed by atoms with Gasteiger partial charge in [-0.25, -0.2) is 0 Å². The molecule has 19 heavy (non-hydrogen) atoms. The third kappa shape index (κ3) is 4.37. The van der Waals surface area contributed by atoms with Gasteiger partial charge in [0.25, 0.3) is 0 Å². The lowest BCUT2D eigenvalue weighted by Crippen LogP contribution is -2.21. The van der Waals surface area contributed by atoms with E-state index in [9.17, 15) is 0 Å². The zero-order chi connectivity index (χ0) is 13.7. The smallest absolute Gasteiger partial charge is 0.175 e. The maximum Gasteiger partial charge on any atom is 0.175 e. The zero-order valence-corrected chi connectivity index (χ0v) is 13.1. The van der Waals surface area contributed by atoms with Crippen LogP contribution in [0.25, 0.3) is 0 Å². The third-order valence-corrected chi connectivity index (χ3v) is 3.53. The molecule has 2 rings (SSSR count). The van der Waals surface area contributed by atoms with Crippen LogP contribution in [-0.4, -0.2) is 45.3 Å². The first-order valence-electron chi connectivity index (χ1n) is 6.60. The summed E-state index contributed by atoms with van der Waals surface area (Å²) in [7, 11) is 4.19. The number of nitrogens with zero attached hydrogens (tertiary/aromatic N) is 1. The van der Waals surface area contributed by atoms with Crippen molar-refractivity contribution in [3.8, 4) is 11.5 Å². The molecule has 106 valence electrons. The van der Waals surface area contributed by atoms with Crippen LogP contribution >= 0.6 is 15.9 Å². The molecule has 0 radical (unpaired) electrons. The Kier molecular flexibility index (Phi) is 5.48. The molecule has 0 spiro atoms. The van der Waals surface area contributed by atoms with Crippen molar-refractivity contribution in [3.63, 3.8) is 0 Å². The molecule has 0 atom stereocenters. The van der Waals surface area contributed by atoms with Crippen LogP contribution in [0.5, 0.6) is 11.5 Å². The predicted octanol–water partition coefficient (Wildman–Crippen LogP) is 2.26. The summed E-state index contributed by atoms with van der Waals surface area (Å²) in [5.74, 6) is 1.66. The molecule has 1 aromatic rings. The zero-order valence-electron chi connectivity index (χ0n) is 11.5. The Morgan fingerprint density at radius 3 is 2.84 bits per heavy atom. The topological polar surface area (TPSA) is 33.7 Å². The van der Waals surface area contributed by atoms with E-state index in [-0.39, 0.29) is 0 Å². The van der Waals surface area contributed by atoms with Gasteiger partial charge in [-0.1, -0.05) is 0 Å². The normalized spacial score (nSPS) is 13.9. The van der Waals surface area contributed by atoms with Crippen molar-refractivity contribution in [2.45, 2.75) is 13.0 Å². The van der Waals surface area contributed by atoms with Crippen LogP contribution in [0.2, 0.25) is 0 Å². The molecule has 0 saturated carbocycles. The first kappa shape index (κ1) is 14.6. The lowest BCUT2D eigenvalue weighted by Gasteiger charge is -2.20. The van der Waals surface area contributed by atoms with Gasteiger partial charge in [-0.05, 0) is 67.2 Å². The van der Waals surface area contributed by atoms with Gasteiger partial charge in [-0.2, -0.15) is 0 Å². The van der Waals surface area contributed by atoms with E-state index in [1.807, 2.05) is 0 Å². The first-order chi connectivity index (χ1) is 9.16. The Balaban J connectivity index is 1.85. The van der Waals surface area contributed by atoms with Crippen LogP contribution in [0.15, 0.2) is 16.6 Å². The number of ether oxygens (including phenoxy) is 2. The Morgan fingerprint density at radius 2 is 2.05 bits per heavy atom. The van der Waals surface area contributed by atoms with Crippen LogP contribution in [0.4, 0.5) is 0 Å². The number of nitrogens with one attached hydrogen (secondary N) is 1. The van der Waals surface area contributed by atoms with E-state index >= 15 is 0 Å². The number of rotatable bonds is 6. The number of hydrogen-bond acceptors (Lipinski definition) is 4. The Bertz CT molecular complexity index is 424. The monoisotopic (exact) mass is 328 g/mol. The minimum Gasteiger partial charge on any atom is -0.486 e. The van der Waals surface area contributed by atoms with Crippen LogP contribution < -0.4 is 14.8 Å². The number of benzene rings is 1. The van der Waals surface area contributed by atoms with E-state index in [1.165, 1.54) is 5.56 Å². The van der Waals surface area contributed by atoms with Gasteiger partial charge in [-0.15, -0.1) is 0 Å². The highest BCUT2D eigenvalue weighted by Crippen LogP contribution is 2.38. The lowest BCUT2D eigenvalue weighted by molar-refractivity contribution is 0.170. The minimum atomic E-state index is 0.619. The van der Waals surface area contributed by atoms with Crippen LogP contribution in [-0.2, 0) is 6.54 Å². The fourth-order valence-corrected chi connectivity index (χ4v) is 2.62. The standard InChI is InChI=1S/C14H21BrN2O2/c1-17(2)5-3-4-16-10-11-8-12(15)14-13(9-11)18-6-7-19-14/h8-9,16H,3-7,10H2,1-2H3. The van der Waals surface area contributed by atoms with Gasteiger partial charge in [0.15, 0.2) is 11.5 Å². The van der Waals surface area contributed by atoms with Gasteiger partial charge >= 0.3 is 0 Å². The molecular formula is C14H21BrN2O2. The highest BCUT2D eigenvalue weighted by molar-refractivity contribution is 9.10. The van der Waals surface area contributed by atoms with Crippen molar-refractivity contribution in [2.24, 2.45) is 0 Å². The van der Waals surface area contributed by atoms with Crippen molar-refractivity contribution >= 4 is 15.9 Å². The molecule has 0 unspecified atom stereocenters. The van der Waals surface area contributed by atoms with E-state index in [0.717, 1.165) is 42.0 Å². The molecule has 1 N–H and O–H groups in total. The predicted molar refractivity (Wildman–Crippen MR) is 80.0 cm³/mol. The largest absolute Gasteiger partial charge is 0.486 e. The van der Waals surface area contributed by atoms with E-state index in [1.54, 1.807) is 0 Å². The molecule has 1 aliphatic rings. The second-order valence-corrected chi connectivity index (χ2v) is 5.79. The van der Waals surface area contributed by atoms with Gasteiger partial charge in [0.05, 0.1) is 4.47 Å². The summed E-state index contributed by atoms with van der Waals surface area (Å²) in [4.78, 5) is 2.20. The SMILES string of the molecule is CN(C)CCCNCc1cc(Br)c2c(c1)OCCO2. The summed E-state index contributed by atoms with van der Waals surface area (Å²) in [6, 6.07) is 4.14. The molecule has 0 aromatic heterocycles. The Morgan fingerprint density at radius 1 is 1.26 bits per heavy atom. The number of hydrogen-bond donors (Lipinski definition) is 1. The average Bonchev–Trinajstić information content (AvgIpc) is 2.38. The average molecular weight is 329 g/mol. The summed E-state index contributed by atoms with van der Waals surface area (Å²) in [6.45, 7) is 4.22. The number of halogens is 1. The van der Waals surface area contributed by atoms with Crippen molar-refractivity contribution in [3.05, 3.63) is 22.2 Å². The summed E-state index contributed by atoms with van der Waals surface area (Å²) in [5, 5.41) is 3.45. The van der Waals surface area contributed by atoms with E-state index in [0.29, 0.717) is 13.2 Å². The maximum atomic E-state index is 5.61. The highest BCUT2D eigenvalue weighted by atomic mass is 79.9. The van der Waals surface area contributed by atoms with E-state index in [2.05, 4.69) is 52.4 Å². The summed E-state index contributed by atoms with van der Waals surface area (Å²) in [5.41, 5.74) is 1.21. The molecule has 0 bridgehead atoms. The molecule has 1 aromatic carbocycles. The van der Waals surface area contributed by atoms with Gasteiger partial charge in [0, 0.05) is 6.54 Å². The highest BCUT2D eigenvalue weighted by Gasteiger charge is 2.15. The van der Waals surface area contributed by atoms with Crippen molar-refractivity contribution < 1.29 is 9.47 Å². The second kappa shape index (κ2) is 7.12. The molecule has 1 heterocycles. The number of fused-ring (bicyclic) bond motifs is 1. The Hall–Kier alpha value is -0.780. The summed E-state index contributed by atoms with van der Waals surface area (Å²) in [6.07, 6.45) is 1.15. The van der Waals surface area contributed by atoms with Crippen molar-refractivity contribution in [2.75, 3.05) is 40.4 Å². The summed E-state index contributed by atoms with van der Waals surface area (Å²) >= 11 is 3.54. The molecule has 0 aliphatic carbocycles. The summed E-state index contributed by atoms with van der Waals surface area (Å²) < 4.78 is 12.2.